The lowest BCUT2D eigenvalue weighted by Crippen LogP contribution is -2.61. The largest absolute Gasteiger partial charge is 0.376 e. The van der Waals surface area contributed by atoms with Gasteiger partial charge in [0, 0.05) is 70.9 Å². The van der Waals surface area contributed by atoms with Crippen molar-refractivity contribution in [3.05, 3.63) is 202 Å². The van der Waals surface area contributed by atoms with E-state index in [1.807, 2.05) is 11.3 Å². The molecule has 0 saturated heterocycles. The Balaban J connectivity index is 1.07. The van der Waals surface area contributed by atoms with E-state index in [4.69, 9.17) is 0 Å². The molecule has 9 aromatic carbocycles. The van der Waals surface area contributed by atoms with Crippen molar-refractivity contribution in [1.82, 2.24) is 0 Å². The first-order valence-corrected chi connectivity index (χ1v) is 34.7. The first kappa shape index (κ1) is 59.2. The predicted octanol–water partition coefficient (Wildman–Crippen LogP) is 23.3. The Bertz CT molecular complexity index is 4590. The number of anilines is 8. The Kier molecular flexibility index (Phi) is 12.8. The van der Waals surface area contributed by atoms with E-state index in [1.54, 1.807) is 0 Å². The monoisotopic (exact) mass is 1200 g/mol. The van der Waals surface area contributed by atoms with Gasteiger partial charge in [-0.3, -0.25) is 0 Å². The van der Waals surface area contributed by atoms with Gasteiger partial charge in [0.1, 0.15) is 0 Å². The molecule has 3 heterocycles. The molecule has 15 rings (SSSR count). The Morgan fingerprint density at radius 3 is 1.48 bits per heavy atom. The van der Waals surface area contributed by atoms with Crippen LogP contribution in [0.2, 0.25) is 0 Å². The Hall–Kier alpha value is -7.08. The summed E-state index contributed by atoms with van der Waals surface area (Å²) in [6.45, 7) is 45.9. The van der Waals surface area contributed by atoms with Gasteiger partial charge < -0.3 is 14.6 Å². The molecule has 10 aromatic rings. The lowest BCUT2D eigenvalue weighted by atomic mass is 9.43. The van der Waals surface area contributed by atoms with E-state index in [9.17, 15) is 0 Å². The molecule has 90 heavy (non-hydrogen) atoms. The zero-order valence-corrected chi connectivity index (χ0v) is 58.3. The number of hydrogen-bond donors (Lipinski definition) is 0. The van der Waals surface area contributed by atoms with Crippen LogP contribution in [0.25, 0.3) is 42.1 Å². The third kappa shape index (κ3) is 9.06. The fourth-order valence-electron chi connectivity index (χ4n) is 17.0. The molecular weight excluding hydrogens is 1110 g/mol. The Morgan fingerprint density at radius 1 is 0.411 bits per heavy atom. The van der Waals surface area contributed by atoms with Gasteiger partial charge >= 0.3 is 6.85 Å². The van der Waals surface area contributed by atoms with E-state index in [2.05, 4.69) is 298 Å². The van der Waals surface area contributed by atoms with Crippen LogP contribution in [0.3, 0.4) is 0 Å². The molecule has 1 aromatic heterocycles. The molecule has 3 nitrogen and oxygen atoms in total. The van der Waals surface area contributed by atoms with Crippen molar-refractivity contribution in [2.24, 2.45) is 0 Å². The molecule has 458 valence electrons. The van der Waals surface area contributed by atoms with Crippen LogP contribution in [0.1, 0.15) is 213 Å². The summed E-state index contributed by atoms with van der Waals surface area (Å²) in [5.41, 5.74) is 28.4. The second-order valence-corrected chi connectivity index (χ2v) is 35.4. The van der Waals surface area contributed by atoms with Crippen LogP contribution in [-0.4, -0.2) is 6.85 Å². The third-order valence-electron chi connectivity index (χ3n) is 23.2. The average molecular weight is 1200 g/mol. The fourth-order valence-corrected chi connectivity index (χ4v) is 18.2. The lowest BCUT2D eigenvalue weighted by molar-refractivity contribution is 0.332. The zero-order valence-electron chi connectivity index (χ0n) is 57.5. The van der Waals surface area contributed by atoms with E-state index in [-0.39, 0.29) is 50.2 Å². The minimum Gasteiger partial charge on any atom is -0.376 e. The van der Waals surface area contributed by atoms with Crippen LogP contribution < -0.4 is 25.5 Å². The second kappa shape index (κ2) is 19.5. The number of fused-ring (bicyclic) bond motifs is 12. The molecule has 0 unspecified atom stereocenters. The smallest absolute Gasteiger partial charge is 0.333 e. The van der Waals surface area contributed by atoms with Gasteiger partial charge in [-0.25, -0.2) is 0 Å². The Labute approximate surface area is 543 Å². The second-order valence-electron chi connectivity index (χ2n) is 34.3. The van der Waals surface area contributed by atoms with Crippen LogP contribution in [0.5, 0.6) is 0 Å². The van der Waals surface area contributed by atoms with E-state index < -0.39 is 0 Å². The summed E-state index contributed by atoms with van der Waals surface area (Å²) in [4.78, 5) is 8.11. The van der Waals surface area contributed by atoms with E-state index in [0.717, 1.165) is 29.9 Å². The van der Waals surface area contributed by atoms with Gasteiger partial charge in [-0.2, -0.15) is 0 Å². The number of aryl methyl sites for hydroxylation is 1. The van der Waals surface area contributed by atoms with Gasteiger partial charge in [-0.05, 0) is 246 Å². The van der Waals surface area contributed by atoms with Crippen LogP contribution in [0, 0.1) is 6.92 Å². The normalized spacial score (nSPS) is 18.8. The molecule has 0 bridgehead atoms. The minimum absolute atomic E-state index is 0.00497. The van der Waals surface area contributed by atoms with E-state index in [0.29, 0.717) is 0 Å². The summed E-state index contributed by atoms with van der Waals surface area (Å²) in [6.07, 6.45) is 7.03. The zero-order chi connectivity index (χ0) is 63.5. The molecule has 0 radical (unpaired) electrons. The van der Waals surface area contributed by atoms with Gasteiger partial charge in [0.05, 0.1) is 5.69 Å². The molecular formula is C85H94BN3S. The summed E-state index contributed by atoms with van der Waals surface area (Å²) in [7, 11) is 0. The average Bonchev–Trinajstić information content (AvgIpc) is 0.914. The molecule has 0 atom stereocenters. The summed E-state index contributed by atoms with van der Waals surface area (Å²) in [5.74, 6) is 0. The number of thiophene rings is 1. The predicted molar refractivity (Wildman–Crippen MR) is 393 cm³/mol. The van der Waals surface area contributed by atoms with Gasteiger partial charge in [0.15, 0.2) is 0 Å². The van der Waals surface area contributed by atoms with Gasteiger partial charge in [-0.15, -0.1) is 11.3 Å². The van der Waals surface area contributed by atoms with Crippen molar-refractivity contribution in [1.29, 1.82) is 0 Å². The van der Waals surface area contributed by atoms with Crippen molar-refractivity contribution < 1.29 is 0 Å². The number of benzene rings is 9. The molecule has 5 heteroatoms. The number of hydrogen-bond acceptors (Lipinski definition) is 4. The fraction of sp³-hybridized carbons (Fsp3) is 0.388. The van der Waals surface area contributed by atoms with Gasteiger partial charge in [0.2, 0.25) is 0 Å². The Morgan fingerprint density at radius 2 is 0.900 bits per heavy atom. The third-order valence-corrected chi connectivity index (χ3v) is 24.4. The highest BCUT2D eigenvalue weighted by atomic mass is 32.1. The van der Waals surface area contributed by atoms with Crippen molar-refractivity contribution in [3.8, 4) is 11.1 Å². The molecule has 0 spiro atoms. The summed E-state index contributed by atoms with van der Waals surface area (Å²) < 4.78 is 2.74. The summed E-state index contributed by atoms with van der Waals surface area (Å²) in [6, 6.07) is 61.7. The molecule has 5 aliphatic rings. The highest BCUT2D eigenvalue weighted by Crippen LogP contribution is 2.57. The molecule has 3 aliphatic carbocycles. The van der Waals surface area contributed by atoms with Crippen molar-refractivity contribution in [2.75, 3.05) is 14.6 Å². The summed E-state index contributed by atoms with van der Waals surface area (Å²) >= 11 is 2.00. The maximum atomic E-state index is 2.81. The quantitative estimate of drug-likeness (QED) is 0.159. The standard InChI is InChI=1S/C85H94BN3S/c1-51-42-65-68(84(16,17)40-38-81(65,10)11)48-72(51)88-73-50-75-62(61-46-67-69(49-74(61)90-75)85(18,19)41-39-83(67,14)15)47-70(73)86-76-63(43-52-22-20-21-23-59(52)77(76)88)60-44-57(33-35-71(60)89(86)58-32-34-64-66(45-58)82(12,13)37-36-80(64,8)9)87(55-28-24-53(25-29-55)78(2,3)4)56-30-26-54(27-31-56)79(5,6)7/h20-35,42-50H,36-41H2,1-19H3. The number of rotatable bonds is 5. The topological polar surface area (TPSA) is 9.72 Å². The first-order valence-electron chi connectivity index (χ1n) is 33.9. The molecule has 0 fully saturated rings. The number of nitrogens with zero attached hydrogens (tertiary/aromatic N) is 3. The lowest BCUT2D eigenvalue weighted by Gasteiger charge is -2.48. The van der Waals surface area contributed by atoms with E-state index in [1.165, 1.54) is 157 Å². The van der Waals surface area contributed by atoms with Crippen LogP contribution in [0.4, 0.5) is 45.5 Å². The van der Waals surface area contributed by atoms with Crippen molar-refractivity contribution in [2.45, 2.75) is 213 Å². The SMILES string of the molecule is Cc1cc2c(cc1N1c3cc4sc5cc6c(cc5c4cc3B3c4c(cc5ccccc5c41)-c1cc(N(c4ccc(C(C)(C)C)cc4)c4ccc(C(C)(C)C)cc4)ccc1N3c1ccc3c(c1)C(C)(C)CCC3(C)C)C(C)(C)CCC6(C)C)C(C)(C)CCC2(C)C. The van der Waals surface area contributed by atoms with Crippen LogP contribution in [-0.2, 0) is 43.3 Å². The minimum atomic E-state index is -0.173. The summed E-state index contributed by atoms with van der Waals surface area (Å²) in [5, 5.41) is 5.30. The van der Waals surface area contributed by atoms with Crippen LogP contribution in [0.15, 0.2) is 152 Å². The maximum absolute atomic E-state index is 2.81. The highest BCUT2D eigenvalue weighted by molar-refractivity contribution is 7.26. The molecule has 0 saturated carbocycles. The molecule has 0 N–H and O–H groups in total. The first-order chi connectivity index (χ1) is 42.2. The van der Waals surface area contributed by atoms with Crippen LogP contribution >= 0.6 is 11.3 Å². The molecule has 0 amide bonds. The van der Waals surface area contributed by atoms with Crippen molar-refractivity contribution in [3.63, 3.8) is 0 Å². The maximum Gasteiger partial charge on any atom is 0.333 e. The molecule has 2 aliphatic heterocycles. The van der Waals surface area contributed by atoms with Gasteiger partial charge in [0.25, 0.3) is 0 Å². The van der Waals surface area contributed by atoms with Gasteiger partial charge in [-0.1, -0.05) is 191 Å². The van der Waals surface area contributed by atoms with Crippen molar-refractivity contribution >= 4 is 106 Å². The highest BCUT2D eigenvalue weighted by Gasteiger charge is 2.49. The van der Waals surface area contributed by atoms with E-state index >= 15 is 0 Å².